The molecule has 0 bridgehead atoms. The quantitative estimate of drug-likeness (QED) is 0.813. The fraction of sp³-hybridized carbons (Fsp3) is 0.500. The molecule has 15 heavy (non-hydrogen) atoms. The minimum Gasteiger partial charge on any atom is -0.324 e. The van der Waals surface area contributed by atoms with Crippen molar-refractivity contribution in [1.29, 1.82) is 0 Å². The Labute approximate surface area is 88.3 Å². The maximum absolute atomic E-state index is 13.3. The molecule has 0 radical (unpaired) electrons. The number of hydrogen-bond acceptors (Lipinski definition) is 1. The van der Waals surface area contributed by atoms with Crippen LogP contribution in [0.1, 0.15) is 37.3 Å². The number of rotatable bonds is 4. The fourth-order valence-electron chi connectivity index (χ4n) is 1.78. The van der Waals surface area contributed by atoms with Crippen LogP contribution in [0, 0.1) is 17.6 Å². The Kier molecular flexibility index (Phi) is 3.00. The molecule has 0 spiro atoms. The number of nitrogens with two attached hydrogens (primary N) is 1. The lowest BCUT2D eigenvalue weighted by molar-refractivity contribution is 0.476. The maximum Gasteiger partial charge on any atom is 0.163 e. The largest absolute Gasteiger partial charge is 0.324 e. The summed E-state index contributed by atoms with van der Waals surface area (Å²) in [6.45, 7) is 0. The zero-order chi connectivity index (χ0) is 10.8. The monoisotopic (exact) mass is 211 g/mol. The first kappa shape index (κ1) is 10.6. The average molecular weight is 211 g/mol. The molecule has 0 aliphatic heterocycles. The van der Waals surface area contributed by atoms with E-state index < -0.39 is 11.6 Å². The predicted molar refractivity (Wildman–Crippen MR) is 55.2 cm³/mol. The van der Waals surface area contributed by atoms with Gasteiger partial charge in [0.25, 0.3) is 0 Å². The summed E-state index contributed by atoms with van der Waals surface area (Å²) in [5.41, 5.74) is 6.14. The average Bonchev–Trinajstić information content (AvgIpc) is 3.02. The summed E-state index contributed by atoms with van der Waals surface area (Å²) in [4.78, 5) is 0. The molecule has 2 rings (SSSR count). The van der Waals surface area contributed by atoms with Gasteiger partial charge in [0.15, 0.2) is 11.6 Å². The molecule has 82 valence electrons. The van der Waals surface area contributed by atoms with Gasteiger partial charge < -0.3 is 5.73 Å². The number of benzene rings is 1. The van der Waals surface area contributed by atoms with Crippen LogP contribution < -0.4 is 5.73 Å². The van der Waals surface area contributed by atoms with Gasteiger partial charge in [-0.3, -0.25) is 0 Å². The van der Waals surface area contributed by atoms with Crippen LogP contribution in [0.2, 0.25) is 0 Å². The van der Waals surface area contributed by atoms with Crippen LogP contribution in [0.5, 0.6) is 0 Å². The van der Waals surface area contributed by atoms with E-state index in [9.17, 15) is 8.78 Å². The second-order valence-corrected chi connectivity index (χ2v) is 4.27. The lowest BCUT2D eigenvalue weighted by atomic mass is 10.0. The van der Waals surface area contributed by atoms with Crippen LogP contribution in [-0.2, 0) is 0 Å². The fourth-order valence-corrected chi connectivity index (χ4v) is 1.78. The van der Waals surface area contributed by atoms with Gasteiger partial charge in [0, 0.05) is 11.6 Å². The molecule has 1 aliphatic rings. The minimum atomic E-state index is -0.811. The van der Waals surface area contributed by atoms with E-state index in [4.69, 9.17) is 5.73 Å². The van der Waals surface area contributed by atoms with Crippen molar-refractivity contribution in [3.8, 4) is 0 Å². The van der Waals surface area contributed by atoms with E-state index in [1.807, 2.05) is 0 Å². The Morgan fingerprint density at radius 3 is 2.73 bits per heavy atom. The molecular weight excluding hydrogens is 196 g/mol. The van der Waals surface area contributed by atoms with Crippen LogP contribution >= 0.6 is 0 Å². The Hall–Kier alpha value is -0.960. The van der Waals surface area contributed by atoms with Gasteiger partial charge in [0.2, 0.25) is 0 Å². The molecule has 1 atom stereocenters. The topological polar surface area (TPSA) is 26.0 Å². The van der Waals surface area contributed by atoms with Crippen LogP contribution in [0.4, 0.5) is 8.78 Å². The normalized spacial score (nSPS) is 17.8. The molecule has 1 aromatic carbocycles. The third kappa shape index (κ3) is 2.53. The first-order valence-electron chi connectivity index (χ1n) is 5.38. The summed E-state index contributed by atoms with van der Waals surface area (Å²) in [5.74, 6) is -0.831. The lowest BCUT2D eigenvalue weighted by Gasteiger charge is -2.12. The first-order valence-corrected chi connectivity index (χ1v) is 5.38. The molecule has 0 heterocycles. The van der Waals surface area contributed by atoms with E-state index >= 15 is 0 Å². The van der Waals surface area contributed by atoms with Crippen molar-refractivity contribution in [1.82, 2.24) is 0 Å². The summed E-state index contributed by atoms with van der Waals surface area (Å²) < 4.78 is 26.3. The second-order valence-electron chi connectivity index (χ2n) is 4.27. The highest BCUT2D eigenvalue weighted by atomic mass is 19.2. The van der Waals surface area contributed by atoms with E-state index in [2.05, 4.69) is 0 Å². The highest BCUT2D eigenvalue weighted by Gasteiger charge is 2.23. The summed E-state index contributed by atoms with van der Waals surface area (Å²) in [5, 5.41) is 0. The summed E-state index contributed by atoms with van der Waals surface area (Å²) in [6.07, 6.45) is 4.29. The van der Waals surface area contributed by atoms with Crippen molar-refractivity contribution in [3.05, 3.63) is 35.4 Å². The highest BCUT2D eigenvalue weighted by Crippen LogP contribution is 2.35. The number of halogens is 2. The Morgan fingerprint density at radius 1 is 1.33 bits per heavy atom. The summed E-state index contributed by atoms with van der Waals surface area (Å²) in [6, 6.07) is 3.81. The van der Waals surface area contributed by atoms with Gasteiger partial charge >= 0.3 is 0 Å². The molecule has 2 N–H and O–H groups in total. The molecule has 1 unspecified atom stereocenters. The molecule has 1 saturated carbocycles. The SMILES string of the molecule is NC(CCC1CC1)c1cccc(F)c1F. The third-order valence-corrected chi connectivity index (χ3v) is 2.96. The van der Waals surface area contributed by atoms with Gasteiger partial charge in [-0.25, -0.2) is 8.78 Å². The second kappa shape index (κ2) is 4.27. The molecule has 0 aromatic heterocycles. The van der Waals surface area contributed by atoms with E-state index in [0.717, 1.165) is 24.8 Å². The molecule has 0 saturated heterocycles. The van der Waals surface area contributed by atoms with E-state index in [-0.39, 0.29) is 6.04 Å². The van der Waals surface area contributed by atoms with Crippen molar-refractivity contribution in [2.75, 3.05) is 0 Å². The van der Waals surface area contributed by atoms with E-state index in [1.165, 1.54) is 18.9 Å². The molecular formula is C12H15F2N. The van der Waals surface area contributed by atoms with Gasteiger partial charge in [0.1, 0.15) is 0 Å². The molecule has 1 aromatic rings. The molecule has 3 heteroatoms. The van der Waals surface area contributed by atoms with Crippen molar-refractivity contribution in [2.45, 2.75) is 31.7 Å². The van der Waals surface area contributed by atoms with E-state index in [0.29, 0.717) is 5.56 Å². The summed E-state index contributed by atoms with van der Waals surface area (Å²) in [7, 11) is 0. The zero-order valence-corrected chi connectivity index (χ0v) is 8.55. The highest BCUT2D eigenvalue weighted by molar-refractivity contribution is 5.22. The Bertz CT molecular complexity index is 347. The lowest BCUT2D eigenvalue weighted by Crippen LogP contribution is -2.13. The van der Waals surface area contributed by atoms with Crippen molar-refractivity contribution in [2.24, 2.45) is 11.7 Å². The zero-order valence-electron chi connectivity index (χ0n) is 8.55. The molecule has 0 amide bonds. The smallest absolute Gasteiger partial charge is 0.163 e. The third-order valence-electron chi connectivity index (χ3n) is 2.96. The van der Waals surface area contributed by atoms with Gasteiger partial charge in [0.05, 0.1) is 0 Å². The minimum absolute atomic E-state index is 0.302. The molecule has 1 aliphatic carbocycles. The van der Waals surface area contributed by atoms with E-state index in [1.54, 1.807) is 6.07 Å². The van der Waals surface area contributed by atoms with Gasteiger partial charge in [-0.1, -0.05) is 25.0 Å². The van der Waals surface area contributed by atoms with Crippen LogP contribution in [0.3, 0.4) is 0 Å². The standard InChI is InChI=1S/C12H15F2N/c13-10-3-1-2-9(12(10)14)11(15)7-6-8-4-5-8/h1-3,8,11H,4-7,15H2. The van der Waals surface area contributed by atoms with Crippen molar-refractivity contribution in [3.63, 3.8) is 0 Å². The van der Waals surface area contributed by atoms with Gasteiger partial charge in [-0.05, 0) is 24.8 Å². The molecule has 1 fully saturated rings. The molecule has 1 nitrogen and oxygen atoms in total. The van der Waals surface area contributed by atoms with Crippen molar-refractivity contribution >= 4 is 0 Å². The number of hydrogen-bond donors (Lipinski definition) is 1. The van der Waals surface area contributed by atoms with Gasteiger partial charge in [-0.2, -0.15) is 0 Å². The van der Waals surface area contributed by atoms with Gasteiger partial charge in [-0.15, -0.1) is 0 Å². The Morgan fingerprint density at radius 2 is 2.07 bits per heavy atom. The maximum atomic E-state index is 13.3. The van der Waals surface area contributed by atoms with Crippen LogP contribution in [0.15, 0.2) is 18.2 Å². The van der Waals surface area contributed by atoms with Crippen LogP contribution in [0.25, 0.3) is 0 Å². The van der Waals surface area contributed by atoms with Crippen molar-refractivity contribution < 1.29 is 8.78 Å². The summed E-state index contributed by atoms with van der Waals surface area (Å²) >= 11 is 0. The van der Waals surface area contributed by atoms with Crippen LogP contribution in [-0.4, -0.2) is 0 Å². The first-order chi connectivity index (χ1) is 7.18. The predicted octanol–water partition coefficient (Wildman–Crippen LogP) is 3.15. The Balaban J connectivity index is 2.02.